The molecular weight excluding hydrogens is 328 g/mol. The number of ether oxygens (including phenoxy) is 1. The van der Waals surface area contributed by atoms with E-state index in [1.165, 1.54) is 5.56 Å². The summed E-state index contributed by atoms with van der Waals surface area (Å²) in [4.78, 5) is 24.0. The monoisotopic (exact) mass is 354 g/mol. The van der Waals surface area contributed by atoms with Crippen molar-refractivity contribution in [3.8, 4) is 0 Å². The Morgan fingerprint density at radius 1 is 1.00 bits per heavy atom. The van der Waals surface area contributed by atoms with E-state index in [9.17, 15) is 9.59 Å². The molecule has 0 spiro atoms. The molecule has 0 saturated carbocycles. The summed E-state index contributed by atoms with van der Waals surface area (Å²) in [5.74, 6) is -0.451. The zero-order valence-corrected chi connectivity index (χ0v) is 15.8. The van der Waals surface area contributed by atoms with Crippen LogP contribution >= 0.6 is 0 Å². The average Bonchev–Trinajstić information content (AvgIpc) is 2.61. The zero-order valence-electron chi connectivity index (χ0n) is 15.8. The highest BCUT2D eigenvalue weighted by Crippen LogP contribution is 2.21. The minimum atomic E-state index is -0.332. The van der Waals surface area contributed by atoms with Gasteiger partial charge in [0.1, 0.15) is 0 Å². The molecule has 0 aromatic heterocycles. The molecule has 5 heteroatoms. The molecule has 0 bridgehead atoms. The first-order valence-corrected chi connectivity index (χ1v) is 8.79. The summed E-state index contributed by atoms with van der Waals surface area (Å²) >= 11 is 0. The van der Waals surface area contributed by atoms with Crippen molar-refractivity contribution in [2.24, 2.45) is 0 Å². The lowest BCUT2D eigenvalue weighted by atomic mass is 10.1. The maximum Gasteiger partial charge on any atom is 0.338 e. The fourth-order valence-corrected chi connectivity index (χ4v) is 2.75. The molecule has 1 amide bonds. The summed E-state index contributed by atoms with van der Waals surface area (Å²) in [7, 11) is 0. The molecule has 0 aliphatic rings. The highest BCUT2D eigenvalue weighted by Gasteiger charge is 2.09. The summed E-state index contributed by atoms with van der Waals surface area (Å²) in [6, 6.07) is 11.0. The van der Waals surface area contributed by atoms with Gasteiger partial charge in [-0.1, -0.05) is 24.6 Å². The van der Waals surface area contributed by atoms with Crippen LogP contribution in [0.5, 0.6) is 0 Å². The fraction of sp³-hybridized carbons (Fsp3) is 0.333. The van der Waals surface area contributed by atoms with Crippen LogP contribution in [0.15, 0.2) is 36.4 Å². The molecule has 5 nitrogen and oxygen atoms in total. The fourth-order valence-electron chi connectivity index (χ4n) is 2.75. The van der Waals surface area contributed by atoms with Gasteiger partial charge in [-0.2, -0.15) is 0 Å². The van der Waals surface area contributed by atoms with Crippen molar-refractivity contribution in [1.82, 2.24) is 0 Å². The van der Waals surface area contributed by atoms with E-state index in [-0.39, 0.29) is 18.4 Å². The number of benzene rings is 2. The van der Waals surface area contributed by atoms with Gasteiger partial charge in [0.2, 0.25) is 5.91 Å². The number of anilines is 2. The van der Waals surface area contributed by atoms with Crippen LogP contribution in [-0.4, -0.2) is 25.0 Å². The van der Waals surface area contributed by atoms with E-state index >= 15 is 0 Å². The van der Waals surface area contributed by atoms with Crippen LogP contribution < -0.4 is 10.6 Å². The zero-order chi connectivity index (χ0) is 19.1. The molecular formula is C21H26N2O3. The Morgan fingerprint density at radius 3 is 2.19 bits per heavy atom. The summed E-state index contributed by atoms with van der Waals surface area (Å²) in [5.41, 5.74) is 5.39. The SMILES string of the molecule is CCCOC(=O)c1ccc(NCC(=O)Nc2c(C)cc(C)cc2C)cc1. The second-order valence-corrected chi connectivity index (χ2v) is 6.39. The number of esters is 1. The van der Waals surface area contributed by atoms with Gasteiger partial charge >= 0.3 is 5.97 Å². The van der Waals surface area contributed by atoms with Crippen molar-refractivity contribution in [3.05, 3.63) is 58.7 Å². The molecule has 0 aliphatic heterocycles. The first kappa shape index (κ1) is 19.5. The Kier molecular flexibility index (Phi) is 6.78. The van der Waals surface area contributed by atoms with Gasteiger partial charge in [-0.05, 0) is 62.6 Å². The van der Waals surface area contributed by atoms with Crippen LogP contribution in [0.2, 0.25) is 0 Å². The molecule has 2 aromatic carbocycles. The smallest absolute Gasteiger partial charge is 0.338 e. The Morgan fingerprint density at radius 2 is 1.62 bits per heavy atom. The Hall–Kier alpha value is -2.82. The van der Waals surface area contributed by atoms with Crippen LogP contribution in [0.4, 0.5) is 11.4 Å². The molecule has 26 heavy (non-hydrogen) atoms. The quantitative estimate of drug-likeness (QED) is 0.730. The highest BCUT2D eigenvalue weighted by molar-refractivity contribution is 5.95. The third-order valence-corrected chi connectivity index (χ3v) is 3.95. The Bertz CT molecular complexity index is 759. The number of carbonyl (C=O) groups is 2. The molecule has 0 aliphatic carbocycles. The third kappa shape index (κ3) is 5.34. The second kappa shape index (κ2) is 9.04. The molecule has 2 rings (SSSR count). The number of hydrogen-bond acceptors (Lipinski definition) is 4. The van der Waals surface area contributed by atoms with E-state index < -0.39 is 0 Å². The van der Waals surface area contributed by atoms with Gasteiger partial charge in [0.15, 0.2) is 0 Å². The number of amides is 1. The van der Waals surface area contributed by atoms with Crippen molar-refractivity contribution in [1.29, 1.82) is 0 Å². The molecule has 2 N–H and O–H groups in total. The van der Waals surface area contributed by atoms with Gasteiger partial charge in [-0.15, -0.1) is 0 Å². The largest absolute Gasteiger partial charge is 0.462 e. The van der Waals surface area contributed by atoms with E-state index in [2.05, 4.69) is 10.6 Å². The lowest BCUT2D eigenvalue weighted by Gasteiger charge is -2.13. The highest BCUT2D eigenvalue weighted by atomic mass is 16.5. The third-order valence-electron chi connectivity index (χ3n) is 3.95. The molecule has 138 valence electrons. The minimum Gasteiger partial charge on any atom is -0.462 e. The van der Waals surface area contributed by atoms with E-state index in [0.29, 0.717) is 12.2 Å². The van der Waals surface area contributed by atoms with Crippen molar-refractivity contribution >= 4 is 23.3 Å². The van der Waals surface area contributed by atoms with Crippen LogP contribution in [0.1, 0.15) is 40.4 Å². The normalized spacial score (nSPS) is 10.3. The number of carbonyl (C=O) groups excluding carboxylic acids is 2. The standard InChI is InChI=1S/C21H26N2O3/c1-5-10-26-21(25)17-6-8-18(9-7-17)22-13-19(24)23-20-15(3)11-14(2)12-16(20)4/h6-9,11-12,22H,5,10,13H2,1-4H3,(H,23,24). The summed E-state index contributed by atoms with van der Waals surface area (Å²) in [5, 5.41) is 6.01. The first-order valence-electron chi connectivity index (χ1n) is 8.79. The maximum absolute atomic E-state index is 12.2. The topological polar surface area (TPSA) is 67.4 Å². The summed E-state index contributed by atoms with van der Waals surface area (Å²) in [6.07, 6.45) is 0.792. The molecule has 0 fully saturated rings. The molecule has 0 atom stereocenters. The van der Waals surface area contributed by atoms with Crippen LogP contribution in [0, 0.1) is 20.8 Å². The van der Waals surface area contributed by atoms with Gasteiger partial charge in [0.25, 0.3) is 0 Å². The second-order valence-electron chi connectivity index (χ2n) is 6.39. The van der Waals surface area contributed by atoms with Crippen molar-refractivity contribution < 1.29 is 14.3 Å². The summed E-state index contributed by atoms with van der Waals surface area (Å²) in [6.45, 7) is 8.52. The molecule has 2 aromatic rings. The van der Waals surface area contributed by atoms with Crippen LogP contribution in [0.3, 0.4) is 0 Å². The molecule has 0 saturated heterocycles. The predicted octanol–water partition coefficient (Wildman–Crippen LogP) is 4.23. The lowest BCUT2D eigenvalue weighted by molar-refractivity contribution is -0.114. The van der Waals surface area contributed by atoms with Crippen LogP contribution in [-0.2, 0) is 9.53 Å². The predicted molar refractivity (Wildman–Crippen MR) is 105 cm³/mol. The molecule has 0 unspecified atom stereocenters. The average molecular weight is 354 g/mol. The van der Waals surface area contributed by atoms with E-state index in [0.717, 1.165) is 28.9 Å². The van der Waals surface area contributed by atoms with Crippen LogP contribution in [0.25, 0.3) is 0 Å². The van der Waals surface area contributed by atoms with Crippen molar-refractivity contribution in [3.63, 3.8) is 0 Å². The molecule has 0 radical (unpaired) electrons. The van der Waals surface area contributed by atoms with Gasteiger partial charge < -0.3 is 15.4 Å². The first-order chi connectivity index (χ1) is 12.4. The van der Waals surface area contributed by atoms with Gasteiger partial charge in [-0.25, -0.2) is 4.79 Å². The number of nitrogens with one attached hydrogen (secondary N) is 2. The number of rotatable bonds is 7. The maximum atomic E-state index is 12.2. The molecule has 0 heterocycles. The number of aryl methyl sites for hydroxylation is 3. The van der Waals surface area contributed by atoms with E-state index in [1.807, 2.05) is 39.8 Å². The summed E-state index contributed by atoms with van der Waals surface area (Å²) < 4.78 is 5.09. The van der Waals surface area contributed by atoms with Crippen molar-refractivity contribution in [2.45, 2.75) is 34.1 Å². The minimum absolute atomic E-state index is 0.119. The van der Waals surface area contributed by atoms with Gasteiger partial charge in [0.05, 0.1) is 18.7 Å². The van der Waals surface area contributed by atoms with Gasteiger partial charge in [0, 0.05) is 11.4 Å². The Labute approximate surface area is 154 Å². The van der Waals surface area contributed by atoms with Gasteiger partial charge in [-0.3, -0.25) is 4.79 Å². The lowest BCUT2D eigenvalue weighted by Crippen LogP contribution is -2.22. The number of hydrogen-bond donors (Lipinski definition) is 2. The Balaban J connectivity index is 1.90. The van der Waals surface area contributed by atoms with Crippen molar-refractivity contribution in [2.75, 3.05) is 23.8 Å². The van der Waals surface area contributed by atoms with E-state index in [4.69, 9.17) is 4.74 Å². The van der Waals surface area contributed by atoms with E-state index in [1.54, 1.807) is 24.3 Å².